The molecule has 0 radical (unpaired) electrons. The maximum atomic E-state index is 12.9. The number of hydrogen-bond acceptors (Lipinski definition) is 6. The molecule has 0 spiro atoms. The zero-order valence-corrected chi connectivity index (χ0v) is 20.5. The number of hydrogen-bond donors (Lipinski definition) is 1. The minimum atomic E-state index is -0.880. The molecule has 1 aromatic heterocycles. The van der Waals surface area contributed by atoms with Gasteiger partial charge in [0.05, 0.1) is 4.47 Å². The zero-order chi connectivity index (χ0) is 23.6. The molecule has 1 heterocycles. The predicted molar refractivity (Wildman–Crippen MR) is 123 cm³/mol. The van der Waals surface area contributed by atoms with Gasteiger partial charge in [0.2, 0.25) is 0 Å². The van der Waals surface area contributed by atoms with E-state index in [1.165, 1.54) is 0 Å². The minimum absolute atomic E-state index is 0.0860. The Bertz CT molecular complexity index is 932. The third kappa shape index (κ3) is 6.43. The minimum Gasteiger partial charge on any atom is -0.508 e. The molecule has 0 unspecified atom stereocenters. The van der Waals surface area contributed by atoms with Gasteiger partial charge in [0.25, 0.3) is 0 Å². The molecular weight excluding hydrogens is 464 g/mol. The third-order valence-corrected chi connectivity index (χ3v) is 4.83. The number of amides is 2. The van der Waals surface area contributed by atoms with Crippen LogP contribution >= 0.6 is 15.9 Å². The van der Waals surface area contributed by atoms with Crippen molar-refractivity contribution in [2.75, 3.05) is 4.90 Å². The standard InChI is InChI=1S/C23H29BrN2O5/c1-8-16-17(14-9-11-15(27)12-10-14)13-25-19(18(16)24)26(20(28)30-22(2,3)4)21(29)31-23(5,6)7/h9-13,27H,8H2,1-7H3. The summed E-state index contributed by atoms with van der Waals surface area (Å²) in [5.74, 6) is 0.245. The van der Waals surface area contributed by atoms with E-state index in [0.717, 1.165) is 21.6 Å². The predicted octanol–water partition coefficient (Wildman–Crippen LogP) is 6.46. The number of anilines is 1. The van der Waals surface area contributed by atoms with Gasteiger partial charge in [0.1, 0.15) is 17.0 Å². The lowest BCUT2D eigenvalue weighted by Crippen LogP contribution is -2.44. The molecule has 0 atom stereocenters. The number of ether oxygens (including phenoxy) is 2. The Labute approximate surface area is 191 Å². The Morgan fingerprint density at radius 1 is 1.00 bits per heavy atom. The van der Waals surface area contributed by atoms with E-state index in [0.29, 0.717) is 10.9 Å². The Kier molecular flexibility index (Phi) is 7.36. The van der Waals surface area contributed by atoms with Crippen molar-refractivity contribution >= 4 is 33.9 Å². The number of phenolic OH excluding ortho intramolecular Hbond substituents is 1. The number of benzene rings is 1. The number of imide groups is 1. The summed E-state index contributed by atoms with van der Waals surface area (Å²) in [5.41, 5.74) is 0.863. The molecule has 7 nitrogen and oxygen atoms in total. The average molecular weight is 493 g/mol. The van der Waals surface area contributed by atoms with Gasteiger partial charge in [-0.15, -0.1) is 0 Å². The van der Waals surface area contributed by atoms with Crippen molar-refractivity contribution < 1.29 is 24.2 Å². The molecule has 0 fully saturated rings. The first-order valence-electron chi connectivity index (χ1n) is 9.96. The maximum Gasteiger partial charge on any atom is 0.425 e. The average Bonchev–Trinajstić information content (AvgIpc) is 2.61. The van der Waals surface area contributed by atoms with Crippen LogP contribution in [0.5, 0.6) is 5.75 Å². The lowest BCUT2D eigenvalue weighted by atomic mass is 10.00. The van der Waals surface area contributed by atoms with Gasteiger partial charge in [0, 0.05) is 11.8 Å². The second-order valence-electron chi connectivity index (χ2n) is 8.98. The van der Waals surface area contributed by atoms with Gasteiger partial charge in [-0.2, -0.15) is 4.90 Å². The lowest BCUT2D eigenvalue weighted by molar-refractivity contribution is 0.0428. The SMILES string of the molecule is CCc1c(-c2ccc(O)cc2)cnc(N(C(=O)OC(C)(C)C)C(=O)OC(C)(C)C)c1Br. The van der Waals surface area contributed by atoms with E-state index in [1.54, 1.807) is 72.0 Å². The number of carbonyl (C=O) groups excluding carboxylic acids is 2. The topological polar surface area (TPSA) is 89.0 Å². The number of nitrogens with zero attached hydrogens (tertiary/aromatic N) is 2. The summed E-state index contributed by atoms with van der Waals surface area (Å²) in [6, 6.07) is 6.73. The number of aromatic hydroxyl groups is 1. The Hall–Kier alpha value is -2.61. The van der Waals surface area contributed by atoms with Crippen molar-refractivity contribution in [3.05, 3.63) is 40.5 Å². The lowest BCUT2D eigenvalue weighted by Gasteiger charge is -2.29. The van der Waals surface area contributed by atoms with E-state index >= 15 is 0 Å². The summed E-state index contributed by atoms with van der Waals surface area (Å²) in [6.45, 7) is 12.2. The second kappa shape index (κ2) is 9.26. The van der Waals surface area contributed by atoms with E-state index in [-0.39, 0.29) is 11.6 Å². The molecule has 0 saturated heterocycles. The van der Waals surface area contributed by atoms with Crippen LogP contribution in [0.4, 0.5) is 15.4 Å². The molecule has 1 aromatic carbocycles. The van der Waals surface area contributed by atoms with Gasteiger partial charge in [0.15, 0.2) is 5.82 Å². The Balaban J connectivity index is 2.60. The van der Waals surface area contributed by atoms with Crippen molar-refractivity contribution in [2.45, 2.75) is 66.1 Å². The molecule has 0 bridgehead atoms. The number of phenols is 1. The van der Waals surface area contributed by atoms with Crippen LogP contribution in [0.1, 0.15) is 54.0 Å². The normalized spacial score (nSPS) is 11.7. The van der Waals surface area contributed by atoms with E-state index < -0.39 is 23.4 Å². The largest absolute Gasteiger partial charge is 0.508 e. The number of pyridine rings is 1. The fourth-order valence-corrected chi connectivity index (χ4v) is 3.54. The number of halogens is 1. The smallest absolute Gasteiger partial charge is 0.425 e. The molecule has 0 aliphatic carbocycles. The molecule has 0 aliphatic rings. The van der Waals surface area contributed by atoms with E-state index in [2.05, 4.69) is 20.9 Å². The second-order valence-corrected chi connectivity index (χ2v) is 9.78. The fourth-order valence-electron chi connectivity index (χ4n) is 2.77. The maximum absolute atomic E-state index is 12.9. The van der Waals surface area contributed by atoms with Crippen molar-refractivity contribution in [2.24, 2.45) is 0 Å². The molecule has 0 saturated carbocycles. The van der Waals surface area contributed by atoms with Gasteiger partial charge >= 0.3 is 12.2 Å². The highest BCUT2D eigenvalue weighted by atomic mass is 79.9. The van der Waals surface area contributed by atoms with Crippen LogP contribution in [-0.2, 0) is 15.9 Å². The Morgan fingerprint density at radius 3 is 1.90 bits per heavy atom. The molecule has 2 aromatic rings. The molecule has 8 heteroatoms. The van der Waals surface area contributed by atoms with E-state index in [1.807, 2.05) is 6.92 Å². The first-order valence-corrected chi connectivity index (χ1v) is 10.8. The van der Waals surface area contributed by atoms with E-state index in [9.17, 15) is 14.7 Å². The summed E-state index contributed by atoms with van der Waals surface area (Å²) >= 11 is 3.53. The van der Waals surface area contributed by atoms with Gasteiger partial charge in [-0.3, -0.25) is 0 Å². The Morgan fingerprint density at radius 2 is 1.48 bits per heavy atom. The molecule has 2 rings (SSSR count). The summed E-state index contributed by atoms with van der Waals surface area (Å²) in [5, 5.41) is 9.58. The highest BCUT2D eigenvalue weighted by Gasteiger charge is 2.35. The van der Waals surface area contributed by atoms with Crippen molar-refractivity contribution in [3.63, 3.8) is 0 Å². The summed E-state index contributed by atoms with van der Waals surface area (Å²) in [7, 11) is 0. The first kappa shape index (κ1) is 24.7. The van der Waals surface area contributed by atoms with Crippen molar-refractivity contribution in [1.82, 2.24) is 4.98 Å². The van der Waals surface area contributed by atoms with Crippen molar-refractivity contribution in [3.8, 4) is 16.9 Å². The molecule has 0 aliphatic heterocycles. The quantitative estimate of drug-likeness (QED) is 0.528. The summed E-state index contributed by atoms with van der Waals surface area (Å²) < 4.78 is 11.4. The monoisotopic (exact) mass is 492 g/mol. The fraction of sp³-hybridized carbons (Fsp3) is 0.435. The van der Waals surface area contributed by atoms with E-state index in [4.69, 9.17) is 9.47 Å². The third-order valence-electron chi connectivity index (χ3n) is 4.00. The first-order chi connectivity index (χ1) is 14.2. The van der Waals surface area contributed by atoms with Crippen LogP contribution in [0, 0.1) is 0 Å². The van der Waals surface area contributed by atoms with Crippen molar-refractivity contribution in [1.29, 1.82) is 0 Å². The van der Waals surface area contributed by atoms with Crippen LogP contribution in [0.2, 0.25) is 0 Å². The number of aromatic nitrogens is 1. The number of carbonyl (C=O) groups is 2. The zero-order valence-electron chi connectivity index (χ0n) is 18.9. The van der Waals surface area contributed by atoms with Crippen LogP contribution in [-0.4, -0.2) is 33.5 Å². The van der Waals surface area contributed by atoms with Gasteiger partial charge in [-0.05, 0) is 87.2 Å². The van der Waals surface area contributed by atoms with Gasteiger partial charge in [-0.25, -0.2) is 14.6 Å². The van der Waals surface area contributed by atoms with Crippen LogP contribution in [0.3, 0.4) is 0 Å². The summed E-state index contributed by atoms with van der Waals surface area (Å²) in [6.07, 6.45) is 0.430. The number of rotatable bonds is 3. The van der Waals surface area contributed by atoms with Crippen LogP contribution < -0.4 is 4.90 Å². The molecule has 2 amide bonds. The van der Waals surface area contributed by atoms with Crippen LogP contribution in [0.25, 0.3) is 11.1 Å². The molecule has 1 N–H and O–H groups in total. The highest BCUT2D eigenvalue weighted by molar-refractivity contribution is 9.10. The molecule has 31 heavy (non-hydrogen) atoms. The van der Waals surface area contributed by atoms with Gasteiger partial charge in [-0.1, -0.05) is 19.1 Å². The summed E-state index contributed by atoms with van der Waals surface area (Å²) in [4.78, 5) is 31.1. The van der Waals surface area contributed by atoms with Gasteiger partial charge < -0.3 is 14.6 Å². The molecule has 168 valence electrons. The highest BCUT2D eigenvalue weighted by Crippen LogP contribution is 2.36. The molecular formula is C23H29BrN2O5. The van der Waals surface area contributed by atoms with Crippen LogP contribution in [0.15, 0.2) is 34.9 Å².